The van der Waals surface area contributed by atoms with E-state index in [1.54, 1.807) is 35.2 Å². The number of carbonyl (C=O) groups excluding carboxylic acids is 1. The third kappa shape index (κ3) is 4.52. The zero-order valence-corrected chi connectivity index (χ0v) is 16.3. The molecule has 2 aromatic rings. The van der Waals surface area contributed by atoms with E-state index >= 15 is 0 Å². The maximum absolute atomic E-state index is 12.3. The van der Waals surface area contributed by atoms with Gasteiger partial charge in [0.05, 0.1) is 28.5 Å². The van der Waals surface area contributed by atoms with Gasteiger partial charge >= 0.3 is 5.97 Å². The Morgan fingerprint density at radius 3 is 2.55 bits per heavy atom. The largest absolute Gasteiger partial charge is 0.478 e. The average Bonchev–Trinajstić information content (AvgIpc) is 2.60. The van der Waals surface area contributed by atoms with Gasteiger partial charge in [0.2, 0.25) is 15.9 Å². The van der Waals surface area contributed by atoms with E-state index in [1.165, 1.54) is 13.0 Å². The number of aryl methyl sites for hydroxylation is 1. The number of carboxylic acids is 1. The molecule has 2 N–H and O–H groups in total. The smallest absolute Gasteiger partial charge is 0.337 e. The fourth-order valence-corrected chi connectivity index (χ4v) is 4.19. The third-order valence-electron chi connectivity index (χ3n) is 4.55. The second kappa shape index (κ2) is 7.89. The molecule has 0 bridgehead atoms. The SMILES string of the molecule is Cc1nc(N2CC(C(=O)NS(=O)(=O)Cc3ccccc3)C2)c(C#N)cc1C(=O)O. The first kappa shape index (κ1) is 20.3. The Labute approximate surface area is 167 Å². The molecule has 1 aromatic heterocycles. The maximum Gasteiger partial charge on any atom is 0.337 e. The Kier molecular flexibility index (Phi) is 5.52. The number of anilines is 1. The summed E-state index contributed by atoms with van der Waals surface area (Å²) in [7, 11) is -3.82. The molecule has 1 aliphatic heterocycles. The molecule has 1 fully saturated rings. The predicted octanol–water partition coefficient (Wildman–Crippen LogP) is 1.04. The van der Waals surface area contributed by atoms with Crippen molar-refractivity contribution in [1.29, 1.82) is 5.26 Å². The van der Waals surface area contributed by atoms with Crippen molar-refractivity contribution >= 4 is 27.7 Å². The van der Waals surface area contributed by atoms with E-state index in [4.69, 9.17) is 5.11 Å². The number of carbonyl (C=O) groups is 2. The van der Waals surface area contributed by atoms with Crippen LogP contribution in [0.3, 0.4) is 0 Å². The molecule has 1 amide bonds. The second-order valence-electron chi connectivity index (χ2n) is 6.72. The summed E-state index contributed by atoms with van der Waals surface area (Å²) in [6, 6.07) is 11.7. The summed E-state index contributed by atoms with van der Waals surface area (Å²) < 4.78 is 26.5. The number of aromatic nitrogens is 1. The highest BCUT2D eigenvalue weighted by Crippen LogP contribution is 2.28. The topological polar surface area (TPSA) is 140 Å². The molecule has 0 unspecified atom stereocenters. The van der Waals surface area contributed by atoms with E-state index in [9.17, 15) is 23.3 Å². The summed E-state index contributed by atoms with van der Waals surface area (Å²) >= 11 is 0. The molecule has 150 valence electrons. The highest BCUT2D eigenvalue weighted by atomic mass is 32.2. The van der Waals surface area contributed by atoms with Crippen LogP contribution in [0.25, 0.3) is 0 Å². The molecule has 0 radical (unpaired) electrons. The van der Waals surface area contributed by atoms with Gasteiger partial charge in [0.1, 0.15) is 11.9 Å². The Balaban J connectivity index is 1.65. The Morgan fingerprint density at radius 2 is 1.97 bits per heavy atom. The van der Waals surface area contributed by atoms with Gasteiger partial charge in [-0.15, -0.1) is 0 Å². The van der Waals surface area contributed by atoms with Crippen LogP contribution in [0.15, 0.2) is 36.4 Å². The van der Waals surface area contributed by atoms with Gasteiger partial charge in [-0.25, -0.2) is 18.2 Å². The third-order valence-corrected chi connectivity index (χ3v) is 5.78. The van der Waals surface area contributed by atoms with Crippen LogP contribution in [-0.2, 0) is 20.6 Å². The highest BCUT2D eigenvalue weighted by molar-refractivity contribution is 7.89. The van der Waals surface area contributed by atoms with Crippen molar-refractivity contribution in [1.82, 2.24) is 9.71 Å². The monoisotopic (exact) mass is 414 g/mol. The van der Waals surface area contributed by atoms with Crippen molar-refractivity contribution in [2.75, 3.05) is 18.0 Å². The minimum absolute atomic E-state index is 0.0629. The first-order chi connectivity index (χ1) is 13.7. The van der Waals surface area contributed by atoms with E-state index in [1.807, 2.05) is 6.07 Å². The van der Waals surface area contributed by atoms with Crippen molar-refractivity contribution in [3.8, 4) is 6.07 Å². The van der Waals surface area contributed by atoms with E-state index in [2.05, 4.69) is 9.71 Å². The standard InChI is InChI=1S/C19H18N4O5S/c1-12-16(19(25)26)7-14(8-20)17(21-12)23-9-15(10-23)18(24)22-29(27,28)11-13-5-3-2-4-6-13/h2-7,15H,9-11H2,1H3,(H,22,24)(H,25,26). The normalized spacial score (nSPS) is 14.0. The second-order valence-corrected chi connectivity index (χ2v) is 8.44. The zero-order valence-electron chi connectivity index (χ0n) is 15.5. The van der Waals surface area contributed by atoms with Crippen LogP contribution < -0.4 is 9.62 Å². The lowest BCUT2D eigenvalue weighted by Gasteiger charge is -2.39. The zero-order chi connectivity index (χ0) is 21.2. The van der Waals surface area contributed by atoms with Gasteiger partial charge < -0.3 is 10.0 Å². The minimum atomic E-state index is -3.82. The van der Waals surface area contributed by atoms with E-state index < -0.39 is 27.8 Å². The number of aromatic carboxylic acids is 1. The van der Waals surface area contributed by atoms with Crippen molar-refractivity contribution in [2.45, 2.75) is 12.7 Å². The number of benzene rings is 1. The van der Waals surface area contributed by atoms with Crippen molar-refractivity contribution < 1.29 is 23.1 Å². The summed E-state index contributed by atoms with van der Waals surface area (Å²) in [5, 5.41) is 18.4. The number of carboxylic acid groups (broad SMARTS) is 1. The van der Waals surface area contributed by atoms with E-state index in [0.29, 0.717) is 5.56 Å². The fourth-order valence-electron chi connectivity index (χ4n) is 3.02. The number of nitrogens with zero attached hydrogens (tertiary/aromatic N) is 3. The minimum Gasteiger partial charge on any atom is -0.478 e. The van der Waals surface area contributed by atoms with Crippen molar-refractivity contribution in [3.05, 3.63) is 58.8 Å². The van der Waals surface area contributed by atoms with Gasteiger partial charge in [-0.05, 0) is 18.6 Å². The Bertz CT molecular complexity index is 1100. The summed E-state index contributed by atoms with van der Waals surface area (Å²) in [6.07, 6.45) is 0. The molecule has 1 aromatic carbocycles. The van der Waals surface area contributed by atoms with Gasteiger partial charge in [0.15, 0.2) is 0 Å². The summed E-state index contributed by atoms with van der Waals surface area (Å²) in [4.78, 5) is 29.3. The number of sulfonamides is 1. The Hall–Kier alpha value is -3.45. The number of nitrogens with one attached hydrogen (secondary N) is 1. The van der Waals surface area contributed by atoms with Crippen LogP contribution in [0.2, 0.25) is 0 Å². The Morgan fingerprint density at radius 1 is 1.31 bits per heavy atom. The molecule has 2 heterocycles. The lowest BCUT2D eigenvalue weighted by molar-refractivity contribution is -0.123. The molecule has 1 aliphatic rings. The molecule has 9 nitrogen and oxygen atoms in total. The fraction of sp³-hybridized carbons (Fsp3) is 0.263. The van der Waals surface area contributed by atoms with Gasteiger partial charge in [-0.3, -0.25) is 9.52 Å². The molecule has 1 saturated heterocycles. The van der Waals surface area contributed by atoms with Crippen molar-refractivity contribution in [2.24, 2.45) is 5.92 Å². The summed E-state index contributed by atoms with van der Waals surface area (Å²) in [5.41, 5.74) is 0.848. The number of nitriles is 1. The van der Waals surface area contributed by atoms with Crippen LogP contribution in [-0.4, -0.2) is 43.5 Å². The van der Waals surface area contributed by atoms with Crippen LogP contribution in [0.5, 0.6) is 0 Å². The lowest BCUT2D eigenvalue weighted by atomic mass is 9.98. The lowest BCUT2D eigenvalue weighted by Crippen LogP contribution is -2.55. The first-order valence-electron chi connectivity index (χ1n) is 8.68. The predicted molar refractivity (Wildman–Crippen MR) is 104 cm³/mol. The molecule has 29 heavy (non-hydrogen) atoms. The summed E-state index contributed by atoms with van der Waals surface area (Å²) in [5.74, 6) is -2.39. The quantitative estimate of drug-likeness (QED) is 0.714. The van der Waals surface area contributed by atoms with E-state index in [0.717, 1.165) is 0 Å². The average molecular weight is 414 g/mol. The molecule has 10 heteroatoms. The molecule has 0 aliphatic carbocycles. The van der Waals surface area contributed by atoms with Gasteiger partial charge in [0, 0.05) is 13.1 Å². The van der Waals surface area contributed by atoms with Crippen LogP contribution >= 0.6 is 0 Å². The number of hydrogen-bond acceptors (Lipinski definition) is 7. The molecule has 0 atom stereocenters. The number of amides is 1. The van der Waals surface area contributed by atoms with Gasteiger partial charge in [0.25, 0.3) is 0 Å². The van der Waals surface area contributed by atoms with Crippen molar-refractivity contribution in [3.63, 3.8) is 0 Å². The number of hydrogen-bond donors (Lipinski definition) is 2. The van der Waals surface area contributed by atoms with Crippen LogP contribution in [0, 0.1) is 24.2 Å². The molecular weight excluding hydrogens is 396 g/mol. The van der Waals surface area contributed by atoms with Crippen LogP contribution in [0.1, 0.15) is 27.2 Å². The first-order valence-corrected chi connectivity index (χ1v) is 10.3. The van der Waals surface area contributed by atoms with E-state index in [-0.39, 0.29) is 41.5 Å². The maximum atomic E-state index is 12.3. The molecule has 3 rings (SSSR count). The number of rotatable bonds is 6. The van der Waals surface area contributed by atoms with Crippen LogP contribution in [0.4, 0.5) is 5.82 Å². The molecule has 0 saturated carbocycles. The number of pyridine rings is 1. The molecule has 0 spiro atoms. The summed E-state index contributed by atoms with van der Waals surface area (Å²) in [6.45, 7) is 1.88. The highest BCUT2D eigenvalue weighted by Gasteiger charge is 2.36. The van der Waals surface area contributed by atoms with Gasteiger partial charge in [-0.1, -0.05) is 30.3 Å². The van der Waals surface area contributed by atoms with Gasteiger partial charge in [-0.2, -0.15) is 5.26 Å². The molecular formula is C19H18N4O5S.